The van der Waals surface area contributed by atoms with Crippen LogP contribution < -0.4 is 0 Å². The number of aromatic nitrogens is 2. The number of halogens is 5. The highest BCUT2D eigenvalue weighted by Crippen LogP contribution is 2.37. The summed E-state index contributed by atoms with van der Waals surface area (Å²) in [4.78, 5) is 16.3. The molecule has 0 aliphatic rings. The van der Waals surface area contributed by atoms with Crippen LogP contribution in [0.15, 0.2) is 54.7 Å². The summed E-state index contributed by atoms with van der Waals surface area (Å²) in [5, 5.41) is 0.943. The van der Waals surface area contributed by atoms with Gasteiger partial charge in [0, 0.05) is 29.4 Å². The Morgan fingerprint density at radius 2 is 1.76 bits per heavy atom. The zero-order valence-corrected chi connectivity index (χ0v) is 21.8. The molecule has 0 bridgehead atoms. The second-order valence-corrected chi connectivity index (χ2v) is 8.66. The number of alkyl halides is 3. The van der Waals surface area contributed by atoms with E-state index in [4.69, 9.17) is 36.4 Å². The minimum atomic E-state index is -4.49. The molecule has 12 heteroatoms. The molecule has 0 saturated carbocycles. The number of esters is 1. The van der Waals surface area contributed by atoms with Gasteiger partial charge in [0.15, 0.2) is 5.69 Å². The van der Waals surface area contributed by atoms with Crippen molar-refractivity contribution in [2.75, 3.05) is 6.61 Å². The van der Waals surface area contributed by atoms with Crippen LogP contribution in [-0.4, -0.2) is 30.5 Å². The minimum absolute atomic E-state index is 0.0449. The van der Waals surface area contributed by atoms with Crippen LogP contribution in [0.25, 0.3) is 16.6 Å². The Labute approximate surface area is 223 Å². The van der Waals surface area contributed by atoms with Gasteiger partial charge in [-0.25, -0.2) is 9.78 Å². The average molecular weight is 571 g/mol. The maximum Gasteiger partial charge on any atom is 0.416 e. The van der Waals surface area contributed by atoms with E-state index in [1.165, 1.54) is 6.20 Å². The van der Waals surface area contributed by atoms with E-state index < -0.39 is 29.3 Å². The fourth-order valence-corrected chi connectivity index (χ4v) is 4.46. The number of hydrogen-bond acceptors (Lipinski definition) is 5. The number of carbonyl (C=O) groups is 1. The fraction of sp³-hybridized carbons (Fsp3) is 0.200. The monoisotopic (exact) mass is 570 g/mol. The first-order chi connectivity index (χ1) is 17.5. The second kappa shape index (κ2) is 11.9. The average Bonchev–Trinajstić information content (AvgIpc) is 3.21. The van der Waals surface area contributed by atoms with Crippen LogP contribution in [0, 0.1) is 6.92 Å². The summed E-state index contributed by atoms with van der Waals surface area (Å²) in [7, 11) is 0. The number of fused-ring (bicyclic) bond motifs is 1. The molecule has 4 aromatic rings. The lowest BCUT2D eigenvalue weighted by Gasteiger charge is -2.15. The van der Waals surface area contributed by atoms with E-state index in [2.05, 4.69) is 4.98 Å². The van der Waals surface area contributed by atoms with Gasteiger partial charge in [0.1, 0.15) is 0 Å². The molecular formula is C25H19Cl2F3N2O4S. The van der Waals surface area contributed by atoms with Gasteiger partial charge in [-0.3, -0.25) is 0 Å². The van der Waals surface area contributed by atoms with Gasteiger partial charge in [-0.2, -0.15) is 21.6 Å². The highest BCUT2D eigenvalue weighted by Gasteiger charge is 2.32. The first kappa shape index (κ1) is 28.4. The molecule has 2 heterocycles. The quantitative estimate of drug-likeness (QED) is 0.248. The van der Waals surface area contributed by atoms with Crippen molar-refractivity contribution in [2.24, 2.45) is 0 Å². The lowest BCUT2D eigenvalue weighted by atomic mass is 10.1. The van der Waals surface area contributed by atoms with E-state index >= 15 is 0 Å². The molecule has 0 aliphatic carbocycles. The van der Waals surface area contributed by atoms with Crippen molar-refractivity contribution in [1.82, 2.24) is 9.55 Å². The summed E-state index contributed by atoms with van der Waals surface area (Å²) in [5.41, 5.74) is 1.84. The number of benzene rings is 2. The summed E-state index contributed by atoms with van der Waals surface area (Å²) >= 11 is 12.1. The molecule has 194 valence electrons. The zero-order valence-electron chi connectivity index (χ0n) is 19.4. The van der Waals surface area contributed by atoms with Crippen molar-refractivity contribution in [3.8, 4) is 5.69 Å². The van der Waals surface area contributed by atoms with Gasteiger partial charge < -0.3 is 9.30 Å². The van der Waals surface area contributed by atoms with E-state index in [-0.39, 0.29) is 28.8 Å². The Kier molecular flexibility index (Phi) is 9.12. The number of ether oxygens (including phenoxy) is 1. The van der Waals surface area contributed by atoms with Crippen LogP contribution in [0.3, 0.4) is 0 Å². The zero-order chi connectivity index (χ0) is 27.3. The predicted molar refractivity (Wildman–Crippen MR) is 135 cm³/mol. The van der Waals surface area contributed by atoms with Crippen LogP contribution in [0.5, 0.6) is 0 Å². The van der Waals surface area contributed by atoms with Crippen molar-refractivity contribution >= 4 is 51.6 Å². The molecule has 37 heavy (non-hydrogen) atoms. The second-order valence-electron chi connectivity index (χ2n) is 7.74. The van der Waals surface area contributed by atoms with Gasteiger partial charge in [0.05, 0.1) is 27.7 Å². The van der Waals surface area contributed by atoms with Gasteiger partial charge in [-0.1, -0.05) is 41.4 Å². The number of rotatable bonds is 5. The molecule has 0 aliphatic heterocycles. The molecule has 6 nitrogen and oxygen atoms in total. The minimum Gasteiger partial charge on any atom is -0.461 e. The highest BCUT2D eigenvalue weighted by atomic mass is 35.5. The molecule has 4 rings (SSSR count). The molecule has 2 aromatic heterocycles. The van der Waals surface area contributed by atoms with Gasteiger partial charge in [-0.05, 0) is 55.3 Å². The van der Waals surface area contributed by atoms with E-state index in [9.17, 15) is 18.0 Å². The summed E-state index contributed by atoms with van der Waals surface area (Å²) in [6.45, 7) is 3.46. The molecule has 0 atom stereocenters. The Bertz CT molecular complexity index is 1490. The molecule has 0 unspecified atom stereocenters. The normalized spacial score (nSPS) is 11.1. The topological polar surface area (TPSA) is 78.3 Å². The maximum atomic E-state index is 13.6. The van der Waals surface area contributed by atoms with Crippen molar-refractivity contribution < 1.29 is 31.1 Å². The van der Waals surface area contributed by atoms with Crippen LogP contribution >= 0.6 is 23.2 Å². The van der Waals surface area contributed by atoms with Crippen molar-refractivity contribution in [3.63, 3.8) is 0 Å². The number of para-hydroxylation sites is 1. The number of hydrogen-bond donors (Lipinski definition) is 0. The Morgan fingerprint density at radius 1 is 1.11 bits per heavy atom. The van der Waals surface area contributed by atoms with Crippen molar-refractivity contribution in [3.05, 3.63) is 92.9 Å². The van der Waals surface area contributed by atoms with Crippen LogP contribution in [0.2, 0.25) is 10.0 Å². The number of nitrogens with zero attached hydrogens (tertiary/aromatic N) is 2. The van der Waals surface area contributed by atoms with E-state index in [0.717, 1.165) is 12.1 Å². The van der Waals surface area contributed by atoms with Crippen molar-refractivity contribution in [2.45, 2.75) is 26.4 Å². The lowest BCUT2D eigenvalue weighted by molar-refractivity contribution is -0.137. The number of pyridine rings is 1. The van der Waals surface area contributed by atoms with E-state index in [0.29, 0.717) is 33.4 Å². The molecule has 2 aromatic carbocycles. The van der Waals surface area contributed by atoms with Gasteiger partial charge >= 0.3 is 23.7 Å². The van der Waals surface area contributed by atoms with Gasteiger partial charge in [-0.15, -0.1) is 0 Å². The predicted octanol–water partition coefficient (Wildman–Crippen LogP) is 6.76. The number of aryl methyl sites for hydroxylation is 1. The van der Waals surface area contributed by atoms with E-state index in [1.54, 1.807) is 42.7 Å². The molecule has 0 saturated heterocycles. The molecule has 0 radical (unpaired) electrons. The SMILES string of the molecule is CCOC(=O)c1ncc(Cl)c(Cc2cc3c(C)cc(C(F)(F)F)cc3n2-c2ccccc2)c1Cl.O=S=O. The van der Waals surface area contributed by atoms with E-state index in [1.807, 2.05) is 12.1 Å². The first-order valence-electron chi connectivity index (χ1n) is 10.7. The standard InChI is InChI=1S/C25H19Cl2F3N2O2.O2S/c1-3-34-24(33)23-22(27)19(20(26)13-31-23)12-17-11-18-14(2)9-15(25(28,29)30)10-21(18)32(17)16-7-5-4-6-8-16;1-3-2/h4-11,13H,3,12H2,1-2H3;. The third-order valence-electron chi connectivity index (χ3n) is 5.44. The molecular weight excluding hydrogens is 552 g/mol. The Hall–Kier alpha value is -3.21. The Balaban J connectivity index is 0.00000121. The molecule has 0 spiro atoms. The van der Waals surface area contributed by atoms with Gasteiger partial charge in [0.25, 0.3) is 0 Å². The van der Waals surface area contributed by atoms with Crippen LogP contribution in [0.4, 0.5) is 13.2 Å². The molecule has 0 N–H and O–H groups in total. The third kappa shape index (κ3) is 6.20. The van der Waals surface area contributed by atoms with Crippen LogP contribution in [-0.2, 0) is 28.9 Å². The summed E-state index contributed by atoms with van der Waals surface area (Å²) in [6, 6.07) is 13.1. The maximum absolute atomic E-state index is 13.6. The molecule has 0 fully saturated rings. The largest absolute Gasteiger partial charge is 0.461 e. The first-order valence-corrected chi connectivity index (χ1v) is 12.1. The highest BCUT2D eigenvalue weighted by molar-refractivity contribution is 7.51. The third-order valence-corrected chi connectivity index (χ3v) is 6.17. The summed E-state index contributed by atoms with van der Waals surface area (Å²) in [5.74, 6) is -0.681. The fourth-order valence-electron chi connectivity index (χ4n) is 3.90. The number of carbonyl (C=O) groups excluding carboxylic acids is 1. The molecule has 0 amide bonds. The lowest BCUT2D eigenvalue weighted by Crippen LogP contribution is -2.10. The van der Waals surface area contributed by atoms with Crippen molar-refractivity contribution in [1.29, 1.82) is 0 Å². The summed E-state index contributed by atoms with van der Waals surface area (Å²) in [6.07, 6.45) is -3.02. The smallest absolute Gasteiger partial charge is 0.416 e. The summed E-state index contributed by atoms with van der Waals surface area (Å²) < 4.78 is 64.1. The van der Waals surface area contributed by atoms with Gasteiger partial charge in [0.2, 0.25) is 0 Å². The van der Waals surface area contributed by atoms with Crippen LogP contribution in [0.1, 0.15) is 39.8 Å². The Morgan fingerprint density at radius 3 is 2.35 bits per heavy atom.